The summed E-state index contributed by atoms with van der Waals surface area (Å²) in [5, 5.41) is 7.86. The number of fused-ring (bicyclic) bond motifs is 1. The molecule has 2 heterocycles. The van der Waals surface area contributed by atoms with Gasteiger partial charge in [0.05, 0.1) is 23.7 Å². The maximum absolute atomic E-state index is 13.8. The van der Waals surface area contributed by atoms with Crippen molar-refractivity contribution in [1.29, 1.82) is 0 Å². The van der Waals surface area contributed by atoms with Crippen LogP contribution >= 0.6 is 11.6 Å². The summed E-state index contributed by atoms with van der Waals surface area (Å²) >= 11 is 6.11. The van der Waals surface area contributed by atoms with Gasteiger partial charge in [-0.05, 0) is 53.8 Å². The van der Waals surface area contributed by atoms with Gasteiger partial charge in [-0.3, -0.25) is 9.52 Å². The molecule has 3 aromatic rings. The number of nitrogens with zero attached hydrogens (tertiary/aromatic N) is 2. The lowest BCUT2D eigenvalue weighted by Gasteiger charge is -2.38. The minimum Gasteiger partial charge on any atom is -0.366 e. The van der Waals surface area contributed by atoms with Crippen molar-refractivity contribution in [1.82, 2.24) is 15.5 Å². The molecule has 0 saturated carbocycles. The van der Waals surface area contributed by atoms with E-state index < -0.39 is 10.0 Å². The fourth-order valence-electron chi connectivity index (χ4n) is 5.48. The first kappa shape index (κ1) is 28.4. The molecule has 2 aliphatic rings. The second-order valence-corrected chi connectivity index (χ2v) is 12.7. The molecule has 8 nitrogen and oxygen atoms in total. The lowest BCUT2D eigenvalue weighted by Crippen LogP contribution is -2.56. The smallest absolute Gasteiger partial charge is 0.240 e. The zero-order valence-electron chi connectivity index (χ0n) is 22.6. The summed E-state index contributed by atoms with van der Waals surface area (Å²) in [5.41, 5.74) is 5.11. The number of rotatable bonds is 9. The highest BCUT2D eigenvalue weighted by Gasteiger charge is 2.29. The quantitative estimate of drug-likeness (QED) is 0.359. The van der Waals surface area contributed by atoms with Gasteiger partial charge in [0.25, 0.3) is 0 Å². The molecule has 0 aromatic heterocycles. The van der Waals surface area contributed by atoms with Crippen molar-refractivity contribution >= 4 is 38.9 Å². The minimum atomic E-state index is -3.40. The highest BCUT2D eigenvalue weighted by Crippen LogP contribution is 2.27. The van der Waals surface area contributed by atoms with Crippen molar-refractivity contribution in [3.05, 3.63) is 94.5 Å². The molecule has 40 heavy (non-hydrogen) atoms. The van der Waals surface area contributed by atoms with Crippen LogP contribution in [0.25, 0.3) is 0 Å². The number of benzene rings is 3. The maximum Gasteiger partial charge on any atom is 0.240 e. The first-order valence-corrected chi connectivity index (χ1v) is 15.9. The largest absolute Gasteiger partial charge is 0.366 e. The second kappa shape index (κ2) is 12.6. The molecule has 2 atom stereocenters. The summed E-state index contributed by atoms with van der Waals surface area (Å²) in [4.78, 5) is 17.9. The molecule has 5 rings (SSSR count). The number of sulfonamides is 1. The molecule has 212 valence electrons. The van der Waals surface area contributed by atoms with Crippen LogP contribution in [-0.4, -0.2) is 70.3 Å². The Morgan fingerprint density at radius 1 is 0.975 bits per heavy atom. The van der Waals surface area contributed by atoms with Gasteiger partial charge >= 0.3 is 0 Å². The maximum atomic E-state index is 13.8. The highest BCUT2D eigenvalue weighted by molar-refractivity contribution is 7.92. The monoisotopic (exact) mass is 581 g/mol. The van der Waals surface area contributed by atoms with Crippen LogP contribution in [0.3, 0.4) is 0 Å². The van der Waals surface area contributed by atoms with E-state index >= 15 is 0 Å². The zero-order chi connectivity index (χ0) is 28.1. The molecule has 3 N–H and O–H groups in total. The van der Waals surface area contributed by atoms with Gasteiger partial charge in [0.2, 0.25) is 15.9 Å². The van der Waals surface area contributed by atoms with Crippen molar-refractivity contribution in [3.8, 4) is 0 Å². The average Bonchev–Trinajstić information content (AvgIpc) is 2.95. The van der Waals surface area contributed by atoms with E-state index in [9.17, 15) is 13.2 Å². The predicted molar refractivity (Wildman–Crippen MR) is 161 cm³/mol. The molecular formula is C30H36ClN5O3S. The standard InChI is InChI=1S/C30H36ClN5O3S/c1-40(38,39)34-27-8-4-5-9-29(27)35-14-16-36(17-15-35)30(37)28(18-22-10-12-25(31)13-11-22)33-21-26-19-23-6-2-3-7-24(23)20-32-26/h2-13,26,28,32-34H,14-21H2,1H3/t26-,28-/m1/s1. The number of carbonyl (C=O) groups excluding carboxylic acids is 1. The lowest BCUT2D eigenvalue weighted by atomic mass is 9.95. The Bertz CT molecular complexity index is 1430. The van der Waals surface area contributed by atoms with Crippen LogP contribution in [0.15, 0.2) is 72.8 Å². The number of halogens is 1. The van der Waals surface area contributed by atoms with E-state index in [0.29, 0.717) is 49.9 Å². The molecule has 0 radical (unpaired) electrons. The molecule has 0 bridgehead atoms. The van der Waals surface area contributed by atoms with Gasteiger partial charge < -0.3 is 20.4 Å². The van der Waals surface area contributed by atoms with Gasteiger partial charge in [0.1, 0.15) is 0 Å². The van der Waals surface area contributed by atoms with Crippen LogP contribution in [-0.2, 0) is 34.2 Å². The molecule has 1 saturated heterocycles. The van der Waals surface area contributed by atoms with Crippen molar-refractivity contribution in [3.63, 3.8) is 0 Å². The van der Waals surface area contributed by atoms with Gasteiger partial charge in [-0.2, -0.15) is 0 Å². The number of amides is 1. The summed E-state index contributed by atoms with van der Waals surface area (Å²) < 4.78 is 26.3. The number of hydrogen-bond donors (Lipinski definition) is 3. The number of hydrogen-bond acceptors (Lipinski definition) is 6. The molecule has 3 aromatic carbocycles. The van der Waals surface area contributed by atoms with E-state index in [2.05, 4.69) is 44.5 Å². The highest BCUT2D eigenvalue weighted by atomic mass is 35.5. The van der Waals surface area contributed by atoms with E-state index in [0.717, 1.165) is 30.5 Å². The second-order valence-electron chi connectivity index (χ2n) is 10.5. The Hall–Kier alpha value is -3.11. The normalized spacial score (nSPS) is 18.2. The minimum absolute atomic E-state index is 0.0772. The molecule has 0 aliphatic carbocycles. The van der Waals surface area contributed by atoms with Crippen LogP contribution in [0, 0.1) is 0 Å². The average molecular weight is 582 g/mol. The summed E-state index contributed by atoms with van der Waals surface area (Å²) in [7, 11) is -3.40. The SMILES string of the molecule is CS(=O)(=O)Nc1ccccc1N1CCN(C(=O)[C@@H](Cc2ccc(Cl)cc2)NC[C@H]2Cc3ccccc3CN2)CC1. The van der Waals surface area contributed by atoms with Crippen molar-refractivity contribution in [2.24, 2.45) is 0 Å². The molecule has 2 aliphatic heterocycles. The third-order valence-corrected chi connectivity index (χ3v) is 8.40. The Labute approximate surface area is 241 Å². The first-order chi connectivity index (χ1) is 19.2. The summed E-state index contributed by atoms with van der Waals surface area (Å²) in [5.74, 6) is 0.0772. The molecule has 0 spiro atoms. The van der Waals surface area contributed by atoms with Gasteiger partial charge in [-0.1, -0.05) is 60.1 Å². The molecular weight excluding hydrogens is 546 g/mol. The van der Waals surface area contributed by atoms with Crippen LogP contribution in [0.1, 0.15) is 16.7 Å². The molecule has 10 heteroatoms. The molecule has 0 unspecified atom stereocenters. The van der Waals surface area contributed by atoms with Crippen LogP contribution in [0.5, 0.6) is 0 Å². The molecule has 1 fully saturated rings. The Morgan fingerprint density at radius 2 is 1.65 bits per heavy atom. The Balaban J connectivity index is 1.25. The fourth-order valence-corrected chi connectivity index (χ4v) is 6.17. The number of piperazine rings is 1. The number of anilines is 2. The van der Waals surface area contributed by atoms with Crippen LogP contribution in [0.2, 0.25) is 5.02 Å². The van der Waals surface area contributed by atoms with E-state index in [1.165, 1.54) is 11.1 Å². The van der Waals surface area contributed by atoms with E-state index in [1.807, 2.05) is 47.4 Å². The van der Waals surface area contributed by atoms with Crippen molar-refractivity contribution < 1.29 is 13.2 Å². The van der Waals surface area contributed by atoms with Gasteiger partial charge in [0, 0.05) is 50.3 Å². The number of carbonyl (C=O) groups is 1. The Kier molecular flexibility index (Phi) is 8.95. The van der Waals surface area contributed by atoms with Crippen molar-refractivity contribution in [2.45, 2.75) is 31.5 Å². The summed E-state index contributed by atoms with van der Waals surface area (Å²) in [6.45, 7) is 3.85. The third kappa shape index (κ3) is 7.34. The fraction of sp³-hybridized carbons (Fsp3) is 0.367. The third-order valence-electron chi connectivity index (χ3n) is 7.56. The van der Waals surface area contributed by atoms with E-state index in [-0.39, 0.29) is 18.0 Å². The van der Waals surface area contributed by atoms with Gasteiger partial charge in [0.15, 0.2) is 0 Å². The predicted octanol–water partition coefficient (Wildman–Crippen LogP) is 3.28. The summed E-state index contributed by atoms with van der Waals surface area (Å²) in [6.07, 6.45) is 2.64. The summed E-state index contributed by atoms with van der Waals surface area (Å²) in [6, 6.07) is 23.4. The van der Waals surface area contributed by atoms with Crippen molar-refractivity contribution in [2.75, 3.05) is 48.6 Å². The zero-order valence-corrected chi connectivity index (χ0v) is 24.2. The lowest BCUT2D eigenvalue weighted by molar-refractivity contribution is -0.133. The van der Waals surface area contributed by atoms with Gasteiger partial charge in [-0.25, -0.2) is 8.42 Å². The van der Waals surface area contributed by atoms with Crippen LogP contribution < -0.4 is 20.3 Å². The van der Waals surface area contributed by atoms with Gasteiger partial charge in [-0.15, -0.1) is 0 Å². The topological polar surface area (TPSA) is 93.8 Å². The number of para-hydroxylation sites is 2. The van der Waals surface area contributed by atoms with Crippen LogP contribution in [0.4, 0.5) is 11.4 Å². The Morgan fingerprint density at radius 3 is 2.38 bits per heavy atom. The first-order valence-electron chi connectivity index (χ1n) is 13.6. The van der Waals surface area contributed by atoms with E-state index in [1.54, 1.807) is 6.07 Å². The van der Waals surface area contributed by atoms with E-state index in [4.69, 9.17) is 11.6 Å². The number of nitrogens with one attached hydrogen (secondary N) is 3. The molecule has 1 amide bonds.